The molecule has 1 N–H and O–H groups in total. The van der Waals surface area contributed by atoms with E-state index in [1.54, 1.807) is 35.7 Å². The lowest BCUT2D eigenvalue weighted by atomic mass is 10.1. The van der Waals surface area contributed by atoms with Crippen LogP contribution in [0.1, 0.15) is 31.3 Å². The van der Waals surface area contributed by atoms with Crippen LogP contribution in [0.5, 0.6) is 11.5 Å². The average molecular weight is 462 g/mol. The van der Waals surface area contributed by atoms with Gasteiger partial charge in [-0.15, -0.1) is 0 Å². The third kappa shape index (κ3) is 4.42. The number of hydrogen-bond donors (Lipinski definition) is 1. The number of aromatic nitrogens is 1. The first-order valence-corrected chi connectivity index (χ1v) is 11.9. The summed E-state index contributed by atoms with van der Waals surface area (Å²) in [5.41, 5.74) is 2.19. The molecule has 0 spiro atoms. The molecule has 0 fully saturated rings. The standard InChI is InChI=1S/C24H19N3O3S2/c28-22(17-11-13-31-15-17)26-24-25-20-10-12-27(14-21(20)32-24)23(29)16-6-8-19(9-7-16)30-18-4-2-1-3-5-18/h1-9,11,13,15H,10,12,14H2,(H,25,26,28). The Kier molecular flexibility index (Phi) is 5.70. The smallest absolute Gasteiger partial charge is 0.258 e. The molecule has 160 valence electrons. The maximum Gasteiger partial charge on any atom is 0.258 e. The first-order valence-electron chi connectivity index (χ1n) is 10.1. The summed E-state index contributed by atoms with van der Waals surface area (Å²) in [6, 6.07) is 18.5. The van der Waals surface area contributed by atoms with E-state index < -0.39 is 0 Å². The number of amides is 2. The van der Waals surface area contributed by atoms with Gasteiger partial charge >= 0.3 is 0 Å². The zero-order valence-corrected chi connectivity index (χ0v) is 18.6. The van der Waals surface area contributed by atoms with E-state index in [1.807, 2.05) is 40.6 Å². The van der Waals surface area contributed by atoms with Crippen molar-refractivity contribution in [1.29, 1.82) is 0 Å². The third-order valence-electron chi connectivity index (χ3n) is 5.10. The Morgan fingerprint density at radius 1 is 0.969 bits per heavy atom. The number of benzene rings is 2. The Morgan fingerprint density at radius 2 is 1.75 bits per heavy atom. The number of carbonyl (C=O) groups excluding carboxylic acids is 2. The van der Waals surface area contributed by atoms with Gasteiger partial charge in [0.2, 0.25) is 0 Å². The van der Waals surface area contributed by atoms with Crippen molar-refractivity contribution in [2.75, 3.05) is 11.9 Å². The maximum atomic E-state index is 13.0. The molecule has 0 bridgehead atoms. The molecule has 6 nitrogen and oxygen atoms in total. The molecule has 2 aromatic heterocycles. The van der Waals surface area contributed by atoms with E-state index >= 15 is 0 Å². The number of thiophene rings is 1. The van der Waals surface area contributed by atoms with Crippen molar-refractivity contribution in [3.63, 3.8) is 0 Å². The first kappa shape index (κ1) is 20.4. The number of anilines is 1. The van der Waals surface area contributed by atoms with Gasteiger partial charge in [0, 0.05) is 28.8 Å². The van der Waals surface area contributed by atoms with Gasteiger partial charge in [-0.3, -0.25) is 14.9 Å². The van der Waals surface area contributed by atoms with Crippen LogP contribution < -0.4 is 10.1 Å². The topological polar surface area (TPSA) is 71.5 Å². The molecular formula is C24H19N3O3S2. The van der Waals surface area contributed by atoms with Gasteiger partial charge in [-0.25, -0.2) is 4.98 Å². The summed E-state index contributed by atoms with van der Waals surface area (Å²) >= 11 is 2.91. The van der Waals surface area contributed by atoms with Crippen molar-refractivity contribution in [2.24, 2.45) is 0 Å². The van der Waals surface area contributed by atoms with E-state index in [2.05, 4.69) is 10.3 Å². The molecular weight excluding hydrogens is 442 g/mol. The molecule has 32 heavy (non-hydrogen) atoms. The zero-order valence-electron chi connectivity index (χ0n) is 17.0. The fourth-order valence-corrected chi connectivity index (χ4v) is 5.11. The summed E-state index contributed by atoms with van der Waals surface area (Å²) in [6.07, 6.45) is 0.668. The summed E-state index contributed by atoms with van der Waals surface area (Å²) < 4.78 is 5.80. The van der Waals surface area contributed by atoms with Gasteiger partial charge < -0.3 is 9.64 Å². The number of carbonyl (C=O) groups is 2. The Hall–Kier alpha value is -3.49. The van der Waals surface area contributed by atoms with E-state index in [1.165, 1.54) is 22.7 Å². The molecule has 0 atom stereocenters. The molecule has 4 aromatic rings. The third-order valence-corrected chi connectivity index (χ3v) is 6.78. The lowest BCUT2D eigenvalue weighted by Gasteiger charge is -2.26. The Balaban J connectivity index is 1.23. The predicted molar refractivity (Wildman–Crippen MR) is 126 cm³/mol. The van der Waals surface area contributed by atoms with Crippen LogP contribution in [0, 0.1) is 0 Å². The van der Waals surface area contributed by atoms with Crippen molar-refractivity contribution in [1.82, 2.24) is 9.88 Å². The number of fused-ring (bicyclic) bond motifs is 1. The van der Waals surface area contributed by atoms with E-state index in [4.69, 9.17) is 4.74 Å². The number of rotatable bonds is 5. The van der Waals surface area contributed by atoms with Crippen LogP contribution in [0.15, 0.2) is 71.4 Å². The van der Waals surface area contributed by atoms with Crippen LogP contribution in [0.3, 0.4) is 0 Å². The highest BCUT2D eigenvalue weighted by Gasteiger charge is 2.25. The van der Waals surface area contributed by atoms with Gasteiger partial charge in [-0.1, -0.05) is 29.5 Å². The number of para-hydroxylation sites is 1. The van der Waals surface area contributed by atoms with E-state index in [9.17, 15) is 9.59 Å². The second-order valence-corrected chi connectivity index (χ2v) is 9.13. The lowest BCUT2D eigenvalue weighted by Crippen LogP contribution is -2.35. The number of hydrogen-bond acceptors (Lipinski definition) is 6. The molecule has 5 rings (SSSR count). The summed E-state index contributed by atoms with van der Waals surface area (Å²) in [5.74, 6) is 1.24. The van der Waals surface area contributed by atoms with E-state index in [0.29, 0.717) is 41.5 Å². The van der Waals surface area contributed by atoms with Crippen molar-refractivity contribution in [3.8, 4) is 11.5 Å². The number of ether oxygens (including phenoxy) is 1. The molecule has 2 aromatic carbocycles. The number of thiazole rings is 1. The van der Waals surface area contributed by atoms with Crippen LogP contribution >= 0.6 is 22.7 Å². The highest BCUT2D eigenvalue weighted by atomic mass is 32.1. The molecule has 0 saturated carbocycles. The monoisotopic (exact) mass is 461 g/mol. The average Bonchev–Trinajstić information content (AvgIpc) is 3.49. The van der Waals surface area contributed by atoms with Crippen molar-refractivity contribution < 1.29 is 14.3 Å². The summed E-state index contributed by atoms with van der Waals surface area (Å²) in [7, 11) is 0. The van der Waals surface area contributed by atoms with Crippen LogP contribution in [-0.4, -0.2) is 28.2 Å². The van der Waals surface area contributed by atoms with Gasteiger partial charge in [-0.2, -0.15) is 11.3 Å². The molecule has 8 heteroatoms. The van der Waals surface area contributed by atoms with E-state index in [-0.39, 0.29) is 11.8 Å². The van der Waals surface area contributed by atoms with Crippen LogP contribution in [0.25, 0.3) is 0 Å². The second kappa shape index (κ2) is 8.94. The van der Waals surface area contributed by atoms with Gasteiger partial charge in [0.25, 0.3) is 11.8 Å². The molecule has 1 aliphatic rings. The van der Waals surface area contributed by atoms with Crippen molar-refractivity contribution in [2.45, 2.75) is 13.0 Å². The van der Waals surface area contributed by atoms with Gasteiger partial charge in [0.15, 0.2) is 5.13 Å². The van der Waals surface area contributed by atoms with Crippen molar-refractivity contribution >= 4 is 39.6 Å². The summed E-state index contributed by atoms with van der Waals surface area (Å²) in [6.45, 7) is 1.08. The summed E-state index contributed by atoms with van der Waals surface area (Å²) in [5, 5.41) is 7.11. The Labute approximate surface area is 193 Å². The molecule has 0 saturated heterocycles. The largest absolute Gasteiger partial charge is 0.457 e. The fourth-order valence-electron chi connectivity index (χ4n) is 3.46. The lowest BCUT2D eigenvalue weighted by molar-refractivity contribution is 0.0736. The first-order chi connectivity index (χ1) is 15.7. The minimum Gasteiger partial charge on any atom is -0.457 e. The highest BCUT2D eigenvalue weighted by Crippen LogP contribution is 2.30. The molecule has 0 radical (unpaired) electrons. The number of nitrogens with one attached hydrogen (secondary N) is 1. The minimum absolute atomic E-state index is 0.0285. The van der Waals surface area contributed by atoms with Gasteiger partial charge in [-0.05, 0) is 47.8 Å². The SMILES string of the molecule is O=C(Nc1nc2c(s1)CN(C(=O)c1ccc(Oc3ccccc3)cc1)CC2)c1ccsc1. The molecule has 3 heterocycles. The summed E-state index contributed by atoms with van der Waals surface area (Å²) in [4.78, 5) is 32.7. The second-order valence-electron chi connectivity index (χ2n) is 7.27. The maximum absolute atomic E-state index is 13.0. The van der Waals surface area contributed by atoms with Crippen molar-refractivity contribution in [3.05, 3.63) is 93.1 Å². The Morgan fingerprint density at radius 3 is 2.50 bits per heavy atom. The van der Waals surface area contributed by atoms with E-state index in [0.717, 1.165) is 16.3 Å². The Bertz CT molecular complexity index is 1240. The molecule has 2 amide bonds. The predicted octanol–water partition coefficient (Wildman–Crippen LogP) is 5.45. The fraction of sp³-hybridized carbons (Fsp3) is 0.125. The minimum atomic E-state index is -0.164. The molecule has 0 aliphatic carbocycles. The molecule has 1 aliphatic heterocycles. The quantitative estimate of drug-likeness (QED) is 0.429. The van der Waals surface area contributed by atoms with Gasteiger partial charge in [0.05, 0.1) is 17.8 Å². The van der Waals surface area contributed by atoms with Crippen LogP contribution in [0.2, 0.25) is 0 Å². The zero-order chi connectivity index (χ0) is 21.9. The normalized spacial score (nSPS) is 12.8. The van der Waals surface area contributed by atoms with Gasteiger partial charge in [0.1, 0.15) is 11.5 Å². The number of nitrogens with zero attached hydrogens (tertiary/aromatic N) is 2. The molecule has 0 unspecified atom stereocenters. The highest BCUT2D eigenvalue weighted by molar-refractivity contribution is 7.16. The van der Waals surface area contributed by atoms with Crippen LogP contribution in [-0.2, 0) is 13.0 Å². The van der Waals surface area contributed by atoms with Crippen LogP contribution in [0.4, 0.5) is 5.13 Å².